The Labute approximate surface area is 152 Å². The number of carbonyl (C=O) groups excluding carboxylic acids is 1. The SMILES string of the molecule is O=C(NCC#Cc1ccc(F)cc1)C(c1ccccc1)c1ccccc1. The Kier molecular flexibility index (Phi) is 5.80. The highest BCUT2D eigenvalue weighted by atomic mass is 19.1. The third-order valence-electron chi connectivity index (χ3n) is 3.96. The number of amides is 1. The van der Waals surface area contributed by atoms with Crippen LogP contribution in [0.25, 0.3) is 0 Å². The summed E-state index contributed by atoms with van der Waals surface area (Å²) in [6.07, 6.45) is 0. The molecular weight excluding hydrogens is 325 g/mol. The lowest BCUT2D eigenvalue weighted by Gasteiger charge is -2.17. The number of hydrogen-bond donors (Lipinski definition) is 1. The van der Waals surface area contributed by atoms with Crippen LogP contribution < -0.4 is 5.32 Å². The molecule has 0 radical (unpaired) electrons. The molecule has 3 aromatic carbocycles. The zero-order valence-corrected chi connectivity index (χ0v) is 14.2. The molecule has 0 atom stereocenters. The highest BCUT2D eigenvalue weighted by Crippen LogP contribution is 2.24. The van der Waals surface area contributed by atoms with E-state index in [0.29, 0.717) is 5.56 Å². The van der Waals surface area contributed by atoms with Crippen LogP contribution in [0.3, 0.4) is 0 Å². The molecule has 0 aromatic heterocycles. The molecule has 0 unspecified atom stereocenters. The number of hydrogen-bond acceptors (Lipinski definition) is 1. The van der Waals surface area contributed by atoms with Crippen LogP contribution in [0, 0.1) is 17.7 Å². The van der Waals surface area contributed by atoms with Crippen LogP contribution >= 0.6 is 0 Å². The lowest BCUT2D eigenvalue weighted by Crippen LogP contribution is -2.30. The second kappa shape index (κ2) is 8.64. The molecule has 0 aliphatic carbocycles. The van der Waals surface area contributed by atoms with E-state index >= 15 is 0 Å². The lowest BCUT2D eigenvalue weighted by atomic mass is 9.90. The van der Waals surface area contributed by atoms with Crippen molar-refractivity contribution >= 4 is 5.91 Å². The van der Waals surface area contributed by atoms with Crippen LogP contribution in [0.5, 0.6) is 0 Å². The molecule has 2 nitrogen and oxygen atoms in total. The van der Waals surface area contributed by atoms with Gasteiger partial charge in [0.2, 0.25) is 5.91 Å². The molecule has 0 bridgehead atoms. The molecule has 0 aliphatic heterocycles. The quantitative estimate of drug-likeness (QED) is 0.709. The maximum Gasteiger partial charge on any atom is 0.232 e. The van der Waals surface area contributed by atoms with E-state index in [0.717, 1.165) is 11.1 Å². The first-order valence-electron chi connectivity index (χ1n) is 8.36. The van der Waals surface area contributed by atoms with Crippen LogP contribution in [0.15, 0.2) is 84.9 Å². The molecular formula is C23H18FNO. The van der Waals surface area contributed by atoms with Gasteiger partial charge in [0.05, 0.1) is 12.5 Å². The zero-order valence-electron chi connectivity index (χ0n) is 14.2. The van der Waals surface area contributed by atoms with Crippen molar-refractivity contribution in [3.8, 4) is 11.8 Å². The summed E-state index contributed by atoms with van der Waals surface area (Å²) >= 11 is 0. The number of rotatable bonds is 4. The summed E-state index contributed by atoms with van der Waals surface area (Å²) in [4.78, 5) is 12.8. The molecule has 0 heterocycles. The molecule has 26 heavy (non-hydrogen) atoms. The second-order valence-electron chi connectivity index (χ2n) is 5.78. The van der Waals surface area contributed by atoms with Gasteiger partial charge in [0.25, 0.3) is 0 Å². The van der Waals surface area contributed by atoms with Gasteiger partial charge in [-0.25, -0.2) is 4.39 Å². The number of carbonyl (C=O) groups is 1. The highest BCUT2D eigenvalue weighted by Gasteiger charge is 2.21. The molecule has 1 N–H and O–H groups in total. The van der Waals surface area contributed by atoms with Crippen molar-refractivity contribution in [2.45, 2.75) is 5.92 Å². The fourth-order valence-electron chi connectivity index (χ4n) is 2.70. The zero-order chi connectivity index (χ0) is 18.2. The fourth-order valence-corrected chi connectivity index (χ4v) is 2.70. The summed E-state index contributed by atoms with van der Waals surface area (Å²) in [6.45, 7) is 0.229. The molecule has 0 spiro atoms. The Morgan fingerprint density at radius 3 is 1.92 bits per heavy atom. The van der Waals surface area contributed by atoms with Crippen molar-refractivity contribution in [3.63, 3.8) is 0 Å². The van der Waals surface area contributed by atoms with E-state index in [2.05, 4.69) is 17.2 Å². The topological polar surface area (TPSA) is 29.1 Å². The molecule has 0 aliphatic rings. The largest absolute Gasteiger partial charge is 0.344 e. The summed E-state index contributed by atoms with van der Waals surface area (Å²) in [7, 11) is 0. The predicted octanol–water partition coefficient (Wildman–Crippen LogP) is 4.13. The monoisotopic (exact) mass is 343 g/mol. The molecule has 0 saturated carbocycles. The van der Waals surface area contributed by atoms with Crippen LogP contribution in [-0.2, 0) is 4.79 Å². The molecule has 1 amide bonds. The van der Waals surface area contributed by atoms with Crippen molar-refractivity contribution in [2.75, 3.05) is 6.54 Å². The third kappa shape index (κ3) is 4.58. The smallest absolute Gasteiger partial charge is 0.232 e. The first kappa shape index (κ1) is 17.4. The first-order chi connectivity index (χ1) is 12.7. The van der Waals surface area contributed by atoms with Crippen molar-refractivity contribution < 1.29 is 9.18 Å². The van der Waals surface area contributed by atoms with E-state index in [-0.39, 0.29) is 24.2 Å². The maximum absolute atomic E-state index is 12.9. The van der Waals surface area contributed by atoms with E-state index in [1.165, 1.54) is 12.1 Å². The van der Waals surface area contributed by atoms with E-state index < -0.39 is 0 Å². The Bertz CT molecular complexity index is 870. The van der Waals surface area contributed by atoms with E-state index in [4.69, 9.17) is 0 Å². The average molecular weight is 343 g/mol. The van der Waals surface area contributed by atoms with Crippen LogP contribution in [-0.4, -0.2) is 12.5 Å². The molecule has 3 heteroatoms. The number of nitrogens with one attached hydrogen (secondary N) is 1. The Morgan fingerprint density at radius 1 is 0.846 bits per heavy atom. The minimum atomic E-state index is -0.384. The van der Waals surface area contributed by atoms with Crippen molar-refractivity contribution in [1.29, 1.82) is 0 Å². The highest BCUT2D eigenvalue weighted by molar-refractivity contribution is 5.87. The Balaban J connectivity index is 1.72. The van der Waals surface area contributed by atoms with Gasteiger partial charge in [-0.15, -0.1) is 0 Å². The normalized spacial score (nSPS) is 10.1. The van der Waals surface area contributed by atoms with Crippen LogP contribution in [0.4, 0.5) is 4.39 Å². The van der Waals surface area contributed by atoms with Gasteiger partial charge in [-0.3, -0.25) is 4.79 Å². The minimum absolute atomic E-state index is 0.101. The van der Waals surface area contributed by atoms with Gasteiger partial charge in [-0.05, 0) is 35.4 Å². The number of halogens is 1. The summed E-state index contributed by atoms with van der Waals surface area (Å²) in [5.41, 5.74) is 2.58. The fraction of sp³-hybridized carbons (Fsp3) is 0.0870. The van der Waals surface area contributed by atoms with E-state index in [9.17, 15) is 9.18 Å². The Morgan fingerprint density at radius 2 is 1.38 bits per heavy atom. The van der Waals surface area contributed by atoms with E-state index in [1.54, 1.807) is 12.1 Å². The first-order valence-corrected chi connectivity index (χ1v) is 8.36. The van der Waals surface area contributed by atoms with Gasteiger partial charge in [0, 0.05) is 5.56 Å². The molecule has 0 saturated heterocycles. The van der Waals surface area contributed by atoms with Gasteiger partial charge in [0.15, 0.2) is 0 Å². The van der Waals surface area contributed by atoms with Crippen LogP contribution in [0.2, 0.25) is 0 Å². The summed E-state index contributed by atoms with van der Waals surface area (Å²) in [6, 6.07) is 25.3. The molecule has 0 fully saturated rings. The Hall–Kier alpha value is -3.38. The van der Waals surface area contributed by atoms with Gasteiger partial charge >= 0.3 is 0 Å². The summed E-state index contributed by atoms with van der Waals surface area (Å²) in [5.74, 6) is 5.04. The third-order valence-corrected chi connectivity index (χ3v) is 3.96. The molecule has 3 aromatic rings. The number of benzene rings is 3. The van der Waals surface area contributed by atoms with Crippen molar-refractivity contribution in [3.05, 3.63) is 107 Å². The van der Waals surface area contributed by atoms with Gasteiger partial charge in [0.1, 0.15) is 5.82 Å². The van der Waals surface area contributed by atoms with Crippen LogP contribution in [0.1, 0.15) is 22.6 Å². The standard InChI is InChI=1S/C23H18FNO/c24-21-15-13-18(14-16-21)8-7-17-25-23(26)22(19-9-3-1-4-10-19)20-11-5-2-6-12-20/h1-6,9-16,22H,17H2,(H,25,26). The van der Waals surface area contributed by atoms with Crippen molar-refractivity contribution in [1.82, 2.24) is 5.32 Å². The average Bonchev–Trinajstić information content (AvgIpc) is 2.68. The lowest BCUT2D eigenvalue weighted by molar-refractivity contribution is -0.121. The second-order valence-corrected chi connectivity index (χ2v) is 5.78. The van der Waals surface area contributed by atoms with E-state index in [1.807, 2.05) is 60.7 Å². The summed E-state index contributed by atoms with van der Waals surface area (Å²) < 4.78 is 12.9. The minimum Gasteiger partial charge on any atom is -0.344 e. The van der Waals surface area contributed by atoms with Gasteiger partial charge in [-0.2, -0.15) is 0 Å². The molecule has 128 valence electrons. The van der Waals surface area contributed by atoms with Gasteiger partial charge in [-0.1, -0.05) is 72.5 Å². The summed E-state index contributed by atoms with van der Waals surface area (Å²) in [5, 5.41) is 2.87. The van der Waals surface area contributed by atoms with Crippen molar-refractivity contribution in [2.24, 2.45) is 0 Å². The maximum atomic E-state index is 12.9. The van der Waals surface area contributed by atoms with Gasteiger partial charge < -0.3 is 5.32 Å². The predicted molar refractivity (Wildman–Crippen MR) is 101 cm³/mol. The molecule has 3 rings (SSSR count).